The number of quaternary nitrogens is 1. The molecule has 0 spiro atoms. The zero-order chi connectivity index (χ0) is 25.4. The molecule has 2 aliphatic heterocycles. The number of piperazine rings is 1. The molecule has 0 saturated carbocycles. The topological polar surface area (TPSA) is 146 Å². The lowest BCUT2D eigenvalue weighted by molar-refractivity contribution is -0.884. The molecular weight excluding hydrogens is 472 g/mol. The number of nitrogens with one attached hydrogen (secondary N) is 3. The Balaban J connectivity index is 2.27. The smallest absolute Gasteiger partial charge is 0.303 e. The van der Waals surface area contributed by atoms with Gasteiger partial charge in [0.15, 0.2) is 29.7 Å². The van der Waals surface area contributed by atoms with Gasteiger partial charge in [-0.1, -0.05) is 0 Å². The van der Waals surface area contributed by atoms with E-state index < -0.39 is 54.5 Å². The summed E-state index contributed by atoms with van der Waals surface area (Å²) in [6.45, 7) is 7.77. The lowest BCUT2D eigenvalue weighted by Crippen LogP contribution is -3.12. The van der Waals surface area contributed by atoms with Crippen molar-refractivity contribution in [3.8, 4) is 0 Å². The van der Waals surface area contributed by atoms with Gasteiger partial charge in [-0.3, -0.25) is 24.6 Å². The van der Waals surface area contributed by atoms with E-state index in [-0.39, 0.29) is 11.7 Å². The summed E-state index contributed by atoms with van der Waals surface area (Å²) in [6, 6.07) is 0. The van der Waals surface area contributed by atoms with Crippen LogP contribution in [-0.4, -0.2) is 104 Å². The molecule has 0 aliphatic carbocycles. The molecule has 34 heavy (non-hydrogen) atoms. The molecule has 0 bridgehead atoms. The largest absolute Gasteiger partial charge is 0.463 e. The Bertz CT molecular complexity index is 775. The van der Waals surface area contributed by atoms with E-state index in [1.807, 2.05) is 5.01 Å². The second-order valence-electron chi connectivity index (χ2n) is 8.15. The molecule has 0 radical (unpaired) electrons. The van der Waals surface area contributed by atoms with Gasteiger partial charge in [-0.25, -0.2) is 5.01 Å². The third-order valence-corrected chi connectivity index (χ3v) is 5.35. The average molecular weight is 506 g/mol. The molecule has 2 heterocycles. The summed E-state index contributed by atoms with van der Waals surface area (Å²) in [4.78, 5) is 48.3. The van der Waals surface area contributed by atoms with Gasteiger partial charge >= 0.3 is 23.9 Å². The maximum atomic E-state index is 11.9. The van der Waals surface area contributed by atoms with Gasteiger partial charge in [0.25, 0.3) is 0 Å². The zero-order valence-electron chi connectivity index (χ0n) is 20.0. The van der Waals surface area contributed by atoms with Crippen molar-refractivity contribution in [1.82, 2.24) is 15.8 Å². The van der Waals surface area contributed by atoms with Crippen LogP contribution in [0.15, 0.2) is 0 Å². The van der Waals surface area contributed by atoms with Gasteiger partial charge in [0.1, 0.15) is 12.7 Å². The monoisotopic (exact) mass is 505 g/mol. The molecule has 13 nitrogen and oxygen atoms in total. The summed E-state index contributed by atoms with van der Waals surface area (Å²) in [7, 11) is 2.10. The molecule has 0 amide bonds. The lowest BCUT2D eigenvalue weighted by Gasteiger charge is -2.44. The summed E-state index contributed by atoms with van der Waals surface area (Å²) < 4.78 is 27.2. The van der Waals surface area contributed by atoms with Crippen LogP contribution in [0, 0.1) is 0 Å². The van der Waals surface area contributed by atoms with Crippen LogP contribution in [0.1, 0.15) is 27.7 Å². The first kappa shape index (κ1) is 27.7. The molecule has 0 unspecified atom stereocenters. The molecule has 2 saturated heterocycles. The fourth-order valence-corrected chi connectivity index (χ4v) is 3.90. The number of hydrogen-bond acceptors (Lipinski definition) is 11. The first-order chi connectivity index (χ1) is 16.0. The highest BCUT2D eigenvalue weighted by molar-refractivity contribution is 7.80. The summed E-state index contributed by atoms with van der Waals surface area (Å²) in [5, 5.41) is 5.05. The molecule has 192 valence electrons. The summed E-state index contributed by atoms with van der Waals surface area (Å²) in [6.07, 6.45) is -5.86. The van der Waals surface area contributed by atoms with E-state index in [1.165, 1.54) is 18.7 Å². The first-order valence-electron chi connectivity index (χ1n) is 10.9. The van der Waals surface area contributed by atoms with Crippen LogP contribution in [0.2, 0.25) is 0 Å². The van der Waals surface area contributed by atoms with Crippen LogP contribution in [-0.2, 0) is 42.9 Å². The standard InChI is InChI=1S/C20H32N4O9S/c1-11(25)29-10-15-16(30-12(2)26)17(31-13(3)27)18(32-14(4)28)19(33-15)21-20(34)22-24-8-6-23(5)7-9-24/h15-19H,6-10H2,1-5H3,(H2,21,22,34)/p+1/t15-,16+,17+,18+,19-/m1/s1. The van der Waals surface area contributed by atoms with Crippen LogP contribution in [0.5, 0.6) is 0 Å². The number of carbonyl (C=O) groups excluding carboxylic acids is 4. The minimum Gasteiger partial charge on any atom is -0.463 e. The third kappa shape index (κ3) is 8.66. The van der Waals surface area contributed by atoms with Gasteiger partial charge in [-0.2, -0.15) is 0 Å². The fourth-order valence-electron chi connectivity index (χ4n) is 3.65. The number of likely N-dealkylation sites (N-methyl/N-ethyl adjacent to an activating group) is 1. The molecule has 5 atom stereocenters. The number of ether oxygens (including phenoxy) is 5. The van der Waals surface area contributed by atoms with Crippen molar-refractivity contribution in [2.75, 3.05) is 39.8 Å². The van der Waals surface area contributed by atoms with Gasteiger partial charge in [0, 0.05) is 27.7 Å². The Morgan fingerprint density at radius 1 is 0.912 bits per heavy atom. The molecule has 2 rings (SSSR count). The number of thiocarbonyl (C=S) groups is 1. The molecule has 2 fully saturated rings. The molecule has 0 aromatic rings. The Morgan fingerprint density at radius 3 is 1.97 bits per heavy atom. The summed E-state index contributed by atoms with van der Waals surface area (Å²) in [5.41, 5.74) is 3.07. The highest BCUT2D eigenvalue weighted by Crippen LogP contribution is 2.28. The second-order valence-corrected chi connectivity index (χ2v) is 8.56. The van der Waals surface area contributed by atoms with Crippen molar-refractivity contribution >= 4 is 41.2 Å². The van der Waals surface area contributed by atoms with Crippen LogP contribution >= 0.6 is 12.2 Å². The maximum Gasteiger partial charge on any atom is 0.303 e. The number of rotatable bonds is 7. The highest BCUT2D eigenvalue weighted by Gasteiger charge is 2.52. The third-order valence-electron chi connectivity index (χ3n) is 5.14. The van der Waals surface area contributed by atoms with Crippen LogP contribution in [0.3, 0.4) is 0 Å². The molecule has 0 aromatic heterocycles. The number of hydrazine groups is 1. The van der Waals surface area contributed by atoms with Crippen LogP contribution in [0.4, 0.5) is 0 Å². The van der Waals surface area contributed by atoms with Crippen molar-refractivity contribution < 1.29 is 47.8 Å². The highest BCUT2D eigenvalue weighted by atomic mass is 32.1. The Labute approximate surface area is 203 Å². The molecule has 14 heteroatoms. The van der Waals surface area contributed by atoms with E-state index in [0.717, 1.165) is 40.0 Å². The number of carbonyl (C=O) groups is 4. The van der Waals surface area contributed by atoms with Gasteiger partial charge in [-0.15, -0.1) is 0 Å². The van der Waals surface area contributed by atoms with E-state index >= 15 is 0 Å². The van der Waals surface area contributed by atoms with Crippen molar-refractivity contribution in [3.63, 3.8) is 0 Å². The van der Waals surface area contributed by atoms with Crippen LogP contribution < -0.4 is 15.6 Å². The normalized spacial score (nSPS) is 27.7. The van der Waals surface area contributed by atoms with Crippen molar-refractivity contribution in [1.29, 1.82) is 0 Å². The quantitative estimate of drug-likeness (QED) is 0.187. The summed E-state index contributed by atoms with van der Waals surface area (Å²) >= 11 is 5.41. The van der Waals surface area contributed by atoms with E-state index in [9.17, 15) is 19.2 Å². The number of nitrogens with zero attached hydrogens (tertiary/aromatic N) is 1. The first-order valence-corrected chi connectivity index (χ1v) is 11.3. The predicted octanol–water partition coefficient (Wildman–Crippen LogP) is -2.72. The second kappa shape index (κ2) is 12.8. The van der Waals surface area contributed by atoms with E-state index in [1.54, 1.807) is 0 Å². The minimum absolute atomic E-state index is 0.181. The molecular formula is C20H33N4O9S+. The Morgan fingerprint density at radius 2 is 1.44 bits per heavy atom. The lowest BCUT2D eigenvalue weighted by atomic mass is 9.97. The Hall–Kier alpha value is -2.55. The van der Waals surface area contributed by atoms with Crippen molar-refractivity contribution in [2.45, 2.75) is 58.3 Å². The average Bonchev–Trinajstić information content (AvgIpc) is 2.71. The fraction of sp³-hybridized carbons (Fsp3) is 0.750. The predicted molar refractivity (Wildman–Crippen MR) is 119 cm³/mol. The van der Waals surface area contributed by atoms with E-state index in [0.29, 0.717) is 0 Å². The zero-order valence-corrected chi connectivity index (χ0v) is 20.8. The maximum absolute atomic E-state index is 11.9. The number of esters is 4. The SMILES string of the molecule is CC(=O)OC[C@H]1O[C@@H](NC(=S)NN2CC[NH+](C)CC2)[C@@H](OC(C)=O)[C@@H](OC(C)=O)[C@H]1OC(C)=O. The molecule has 2 aliphatic rings. The summed E-state index contributed by atoms with van der Waals surface area (Å²) in [5.74, 6) is -2.67. The number of hydrogen-bond donors (Lipinski definition) is 3. The van der Waals surface area contributed by atoms with Gasteiger partial charge in [0.05, 0.1) is 33.2 Å². The van der Waals surface area contributed by atoms with Crippen LogP contribution in [0.25, 0.3) is 0 Å². The Kier molecular flexibility index (Phi) is 10.4. The van der Waals surface area contributed by atoms with Crippen molar-refractivity contribution in [3.05, 3.63) is 0 Å². The minimum atomic E-state index is -1.26. The molecule has 0 aromatic carbocycles. The van der Waals surface area contributed by atoms with Crippen molar-refractivity contribution in [2.24, 2.45) is 0 Å². The molecule has 3 N–H and O–H groups in total. The van der Waals surface area contributed by atoms with Gasteiger partial charge in [-0.05, 0) is 12.2 Å². The van der Waals surface area contributed by atoms with Gasteiger partial charge < -0.3 is 33.9 Å². The van der Waals surface area contributed by atoms with E-state index in [2.05, 4.69) is 17.8 Å². The van der Waals surface area contributed by atoms with E-state index in [4.69, 9.17) is 35.9 Å². The van der Waals surface area contributed by atoms with Gasteiger partial charge in [0.2, 0.25) is 0 Å².